The van der Waals surface area contributed by atoms with Crippen LogP contribution in [0.5, 0.6) is 11.5 Å². The molecule has 1 aliphatic rings. The second kappa shape index (κ2) is 7.43. The lowest BCUT2D eigenvalue weighted by Gasteiger charge is -2.25. The normalized spacial score (nSPS) is 15.1. The summed E-state index contributed by atoms with van der Waals surface area (Å²) >= 11 is 0. The fourth-order valence-corrected chi connectivity index (χ4v) is 3.31. The number of amides is 1. The Kier molecular flexibility index (Phi) is 4.80. The van der Waals surface area contributed by atoms with Gasteiger partial charge in [-0.3, -0.25) is 4.79 Å². The third-order valence-electron chi connectivity index (χ3n) is 4.56. The maximum atomic E-state index is 12.7. The first kappa shape index (κ1) is 18.7. The van der Waals surface area contributed by atoms with Crippen LogP contribution in [0.1, 0.15) is 39.0 Å². The van der Waals surface area contributed by atoms with Crippen molar-refractivity contribution >= 4 is 11.7 Å². The summed E-state index contributed by atoms with van der Waals surface area (Å²) in [4.78, 5) is 29.5. The summed E-state index contributed by atoms with van der Waals surface area (Å²) in [5.74, 6) is 1.34. The van der Waals surface area contributed by atoms with Gasteiger partial charge in [0.2, 0.25) is 0 Å². The van der Waals surface area contributed by atoms with Crippen molar-refractivity contribution in [2.45, 2.75) is 26.9 Å². The zero-order chi connectivity index (χ0) is 20.5. The number of aromatic nitrogens is 1. The second-order valence-electron chi connectivity index (χ2n) is 6.98. The van der Waals surface area contributed by atoms with E-state index in [0.717, 1.165) is 11.3 Å². The van der Waals surface area contributed by atoms with Crippen LogP contribution in [0.3, 0.4) is 0 Å². The number of aryl methyl sites for hydroxylation is 3. The van der Waals surface area contributed by atoms with Crippen molar-refractivity contribution in [3.63, 3.8) is 0 Å². The fourth-order valence-electron chi connectivity index (χ4n) is 3.31. The number of nitrogens with one attached hydrogen (secondary N) is 1. The summed E-state index contributed by atoms with van der Waals surface area (Å²) in [7, 11) is 0. The van der Waals surface area contributed by atoms with Crippen LogP contribution in [0.2, 0.25) is 0 Å². The number of benzene rings is 1. The quantitative estimate of drug-likeness (QED) is 0.730. The molecular formula is C22H20N2O5. The first-order valence-electron chi connectivity index (χ1n) is 9.20. The van der Waals surface area contributed by atoms with Crippen molar-refractivity contribution in [2.75, 3.05) is 11.9 Å². The Labute approximate surface area is 167 Å². The van der Waals surface area contributed by atoms with Gasteiger partial charge in [0.25, 0.3) is 5.91 Å². The maximum absolute atomic E-state index is 12.7. The molecule has 4 rings (SSSR count). The SMILES string of the molecule is Cc1cc(C)nc(NC(=O)c2c(C)cc(C3COc4ccccc4O3)oc2=O)c1. The van der Waals surface area contributed by atoms with Gasteiger partial charge in [0.1, 0.15) is 18.0 Å². The van der Waals surface area contributed by atoms with E-state index in [9.17, 15) is 9.59 Å². The molecule has 1 atom stereocenters. The van der Waals surface area contributed by atoms with Crippen molar-refractivity contribution in [1.29, 1.82) is 0 Å². The average Bonchev–Trinajstić information content (AvgIpc) is 2.66. The van der Waals surface area contributed by atoms with Gasteiger partial charge in [-0.2, -0.15) is 0 Å². The molecule has 1 N–H and O–H groups in total. The summed E-state index contributed by atoms with van der Waals surface area (Å²) in [6.45, 7) is 5.63. The van der Waals surface area contributed by atoms with E-state index in [1.54, 1.807) is 31.2 Å². The van der Waals surface area contributed by atoms with Crippen LogP contribution in [0.4, 0.5) is 5.82 Å². The highest BCUT2D eigenvalue weighted by molar-refractivity contribution is 6.04. The number of rotatable bonds is 3. The van der Waals surface area contributed by atoms with Crippen LogP contribution >= 0.6 is 0 Å². The Morgan fingerprint density at radius 2 is 1.86 bits per heavy atom. The lowest BCUT2D eigenvalue weighted by atomic mass is 10.1. The minimum absolute atomic E-state index is 0.0631. The second-order valence-corrected chi connectivity index (χ2v) is 6.98. The van der Waals surface area contributed by atoms with Crippen molar-refractivity contribution < 1.29 is 18.7 Å². The van der Waals surface area contributed by atoms with Gasteiger partial charge in [0.15, 0.2) is 23.4 Å². The summed E-state index contributed by atoms with van der Waals surface area (Å²) in [5.41, 5.74) is 1.42. The number of anilines is 1. The number of carbonyl (C=O) groups is 1. The van der Waals surface area contributed by atoms with E-state index in [-0.39, 0.29) is 12.2 Å². The highest BCUT2D eigenvalue weighted by atomic mass is 16.6. The molecule has 1 unspecified atom stereocenters. The number of nitrogens with zero attached hydrogens (tertiary/aromatic N) is 1. The monoisotopic (exact) mass is 392 g/mol. The molecule has 0 saturated heterocycles. The summed E-state index contributed by atoms with van der Waals surface area (Å²) in [6.07, 6.45) is -0.575. The van der Waals surface area contributed by atoms with Crippen molar-refractivity contribution in [3.05, 3.63) is 81.0 Å². The number of ether oxygens (including phenoxy) is 2. The molecule has 0 radical (unpaired) electrons. The molecule has 0 fully saturated rings. The molecule has 0 spiro atoms. The molecule has 3 heterocycles. The standard InChI is InChI=1S/C22H20N2O5/c1-12-8-14(3)23-19(9-12)24-21(25)20-13(2)10-17(29-22(20)26)18-11-27-15-6-4-5-7-16(15)28-18/h4-10,18H,11H2,1-3H3,(H,23,24,25). The largest absolute Gasteiger partial charge is 0.485 e. The zero-order valence-corrected chi connectivity index (χ0v) is 16.3. The predicted octanol–water partition coefficient (Wildman–Crippen LogP) is 3.72. The molecule has 1 aliphatic heterocycles. The van der Waals surface area contributed by atoms with E-state index in [1.807, 2.05) is 32.0 Å². The van der Waals surface area contributed by atoms with Crippen molar-refractivity contribution in [3.8, 4) is 11.5 Å². The van der Waals surface area contributed by atoms with Crippen LogP contribution in [-0.4, -0.2) is 17.5 Å². The van der Waals surface area contributed by atoms with E-state index in [1.165, 1.54) is 0 Å². The Balaban J connectivity index is 1.59. The number of hydrogen-bond donors (Lipinski definition) is 1. The van der Waals surface area contributed by atoms with E-state index in [2.05, 4.69) is 10.3 Å². The molecular weight excluding hydrogens is 372 g/mol. The van der Waals surface area contributed by atoms with Gasteiger partial charge in [0, 0.05) is 5.69 Å². The van der Waals surface area contributed by atoms with Gasteiger partial charge in [-0.05, 0) is 62.2 Å². The fraction of sp³-hybridized carbons (Fsp3) is 0.227. The minimum atomic E-state index is -0.732. The van der Waals surface area contributed by atoms with Crippen LogP contribution in [0.25, 0.3) is 0 Å². The van der Waals surface area contributed by atoms with Gasteiger partial charge >= 0.3 is 5.63 Å². The number of para-hydroxylation sites is 2. The molecule has 7 heteroatoms. The Bertz CT molecular complexity index is 1130. The zero-order valence-electron chi connectivity index (χ0n) is 16.3. The molecule has 1 aromatic carbocycles. The van der Waals surface area contributed by atoms with Gasteiger partial charge in [-0.25, -0.2) is 9.78 Å². The third kappa shape index (κ3) is 3.85. The average molecular weight is 392 g/mol. The third-order valence-corrected chi connectivity index (χ3v) is 4.56. The molecule has 0 aliphatic carbocycles. The van der Waals surface area contributed by atoms with Gasteiger partial charge in [-0.1, -0.05) is 12.1 Å². The van der Waals surface area contributed by atoms with E-state index >= 15 is 0 Å². The maximum Gasteiger partial charge on any atom is 0.349 e. The highest BCUT2D eigenvalue weighted by Crippen LogP contribution is 2.35. The molecule has 7 nitrogen and oxygen atoms in total. The van der Waals surface area contributed by atoms with Crippen LogP contribution in [0, 0.1) is 20.8 Å². The van der Waals surface area contributed by atoms with Crippen molar-refractivity contribution in [1.82, 2.24) is 4.98 Å². The number of pyridine rings is 1. The van der Waals surface area contributed by atoms with E-state index in [4.69, 9.17) is 13.9 Å². The van der Waals surface area contributed by atoms with Crippen LogP contribution in [0.15, 0.2) is 51.7 Å². The lowest BCUT2D eigenvalue weighted by molar-refractivity contribution is 0.0723. The summed E-state index contributed by atoms with van der Waals surface area (Å²) < 4.78 is 17.0. The molecule has 3 aromatic rings. The molecule has 0 saturated carbocycles. The van der Waals surface area contributed by atoms with E-state index in [0.29, 0.717) is 28.6 Å². The summed E-state index contributed by atoms with van der Waals surface area (Å²) in [6, 6.07) is 12.5. The van der Waals surface area contributed by atoms with E-state index < -0.39 is 17.6 Å². The van der Waals surface area contributed by atoms with Gasteiger partial charge in [0.05, 0.1) is 0 Å². The first-order valence-corrected chi connectivity index (χ1v) is 9.20. The Morgan fingerprint density at radius 3 is 2.59 bits per heavy atom. The lowest BCUT2D eigenvalue weighted by Crippen LogP contribution is -2.26. The number of fused-ring (bicyclic) bond motifs is 1. The molecule has 29 heavy (non-hydrogen) atoms. The molecule has 1 amide bonds. The van der Waals surface area contributed by atoms with Crippen LogP contribution in [-0.2, 0) is 0 Å². The smallest absolute Gasteiger partial charge is 0.349 e. The predicted molar refractivity (Wildman–Crippen MR) is 107 cm³/mol. The topological polar surface area (TPSA) is 90.7 Å². The Hall–Kier alpha value is -3.61. The number of carbonyl (C=O) groups excluding carboxylic acids is 1. The molecule has 148 valence electrons. The molecule has 2 aromatic heterocycles. The van der Waals surface area contributed by atoms with Gasteiger partial charge < -0.3 is 19.2 Å². The highest BCUT2D eigenvalue weighted by Gasteiger charge is 2.27. The van der Waals surface area contributed by atoms with Gasteiger partial charge in [-0.15, -0.1) is 0 Å². The van der Waals surface area contributed by atoms with Crippen molar-refractivity contribution in [2.24, 2.45) is 0 Å². The first-order chi connectivity index (χ1) is 13.9. The number of hydrogen-bond acceptors (Lipinski definition) is 6. The minimum Gasteiger partial charge on any atom is -0.485 e. The Morgan fingerprint density at radius 1 is 1.10 bits per heavy atom. The summed E-state index contributed by atoms with van der Waals surface area (Å²) in [5, 5.41) is 2.67. The molecule has 0 bridgehead atoms. The van der Waals surface area contributed by atoms with Crippen LogP contribution < -0.4 is 20.4 Å².